The molecule has 1 aliphatic heterocycles. The van der Waals surface area contributed by atoms with E-state index >= 15 is 0 Å². The van der Waals surface area contributed by atoms with Gasteiger partial charge in [-0.2, -0.15) is 0 Å². The normalized spacial score (nSPS) is 23.4. The van der Waals surface area contributed by atoms with E-state index in [2.05, 4.69) is 31.0 Å². The minimum Gasteiger partial charge on any atom is -0.472 e. The molecule has 102 valence electrons. The summed E-state index contributed by atoms with van der Waals surface area (Å²) >= 11 is 0. The number of hydrogen-bond acceptors (Lipinski definition) is 4. The molecule has 1 aliphatic rings. The summed E-state index contributed by atoms with van der Waals surface area (Å²) in [5, 5.41) is 3.50. The van der Waals surface area contributed by atoms with E-state index in [1.54, 1.807) is 6.26 Å². The Kier molecular flexibility index (Phi) is 4.80. The molecule has 0 aromatic carbocycles. The summed E-state index contributed by atoms with van der Waals surface area (Å²) in [6.45, 7) is 10.3. The van der Waals surface area contributed by atoms with Gasteiger partial charge in [0, 0.05) is 24.7 Å². The molecule has 0 bridgehead atoms. The van der Waals surface area contributed by atoms with Crippen molar-refractivity contribution in [2.45, 2.75) is 39.0 Å². The first-order valence-corrected chi connectivity index (χ1v) is 6.83. The monoisotopic (exact) mass is 252 g/mol. The predicted octanol–water partition coefficient (Wildman–Crippen LogP) is 2.04. The van der Waals surface area contributed by atoms with Crippen molar-refractivity contribution in [2.24, 2.45) is 0 Å². The van der Waals surface area contributed by atoms with Crippen molar-refractivity contribution in [1.82, 2.24) is 10.2 Å². The molecule has 0 aliphatic carbocycles. The highest BCUT2D eigenvalue weighted by Gasteiger charge is 2.30. The number of hydrogen-bond donors (Lipinski definition) is 1. The zero-order chi connectivity index (χ0) is 13.0. The summed E-state index contributed by atoms with van der Waals surface area (Å²) in [5.41, 5.74) is 1.17. The summed E-state index contributed by atoms with van der Waals surface area (Å²) in [5.74, 6) is 0. The zero-order valence-electron chi connectivity index (χ0n) is 11.6. The number of morpholine rings is 1. The maximum atomic E-state index is 5.95. The van der Waals surface area contributed by atoms with Crippen LogP contribution in [0.15, 0.2) is 23.0 Å². The van der Waals surface area contributed by atoms with E-state index in [0.717, 1.165) is 26.2 Å². The second-order valence-electron chi connectivity index (χ2n) is 5.09. The maximum absolute atomic E-state index is 5.95. The summed E-state index contributed by atoms with van der Waals surface area (Å²) in [7, 11) is 0. The molecule has 2 rings (SSSR count). The van der Waals surface area contributed by atoms with Gasteiger partial charge in [-0.3, -0.25) is 4.90 Å². The van der Waals surface area contributed by atoms with E-state index in [1.807, 2.05) is 12.3 Å². The topological polar surface area (TPSA) is 37.6 Å². The van der Waals surface area contributed by atoms with Gasteiger partial charge >= 0.3 is 0 Å². The van der Waals surface area contributed by atoms with Gasteiger partial charge in [-0.05, 0) is 26.5 Å². The van der Waals surface area contributed by atoms with Crippen molar-refractivity contribution >= 4 is 0 Å². The lowest BCUT2D eigenvalue weighted by Crippen LogP contribution is -2.50. The minimum absolute atomic E-state index is 0.193. The molecule has 0 spiro atoms. The van der Waals surface area contributed by atoms with Crippen molar-refractivity contribution in [3.63, 3.8) is 0 Å². The summed E-state index contributed by atoms with van der Waals surface area (Å²) in [4.78, 5) is 2.47. The molecule has 0 amide bonds. The van der Waals surface area contributed by atoms with E-state index in [0.29, 0.717) is 6.04 Å². The zero-order valence-corrected chi connectivity index (χ0v) is 11.6. The van der Waals surface area contributed by atoms with Crippen LogP contribution in [-0.2, 0) is 4.74 Å². The van der Waals surface area contributed by atoms with Gasteiger partial charge in [0.25, 0.3) is 0 Å². The highest BCUT2D eigenvalue weighted by atomic mass is 16.5. The SMILES string of the molecule is CCNC(c1ccoc1)C1CN(C(C)C)CCO1. The number of nitrogens with zero attached hydrogens (tertiary/aromatic N) is 1. The molecule has 0 saturated carbocycles. The Morgan fingerprint density at radius 1 is 1.50 bits per heavy atom. The van der Waals surface area contributed by atoms with Gasteiger partial charge in [0.15, 0.2) is 0 Å². The molecule has 2 heterocycles. The largest absolute Gasteiger partial charge is 0.472 e. The van der Waals surface area contributed by atoms with E-state index < -0.39 is 0 Å². The van der Waals surface area contributed by atoms with Crippen LogP contribution in [0.4, 0.5) is 0 Å². The standard InChI is InChI=1S/C14H24N2O2/c1-4-15-14(12-5-7-17-10-12)13-9-16(11(2)3)6-8-18-13/h5,7,10-11,13-15H,4,6,8-9H2,1-3H3. The fourth-order valence-corrected chi connectivity index (χ4v) is 2.50. The van der Waals surface area contributed by atoms with Crippen molar-refractivity contribution in [1.29, 1.82) is 0 Å². The summed E-state index contributed by atoms with van der Waals surface area (Å²) < 4.78 is 11.1. The smallest absolute Gasteiger partial charge is 0.0951 e. The molecule has 2 atom stereocenters. The Bertz CT molecular complexity index is 338. The van der Waals surface area contributed by atoms with Gasteiger partial charge in [-0.25, -0.2) is 0 Å². The quantitative estimate of drug-likeness (QED) is 0.870. The van der Waals surface area contributed by atoms with E-state index in [9.17, 15) is 0 Å². The first kappa shape index (κ1) is 13.6. The summed E-state index contributed by atoms with van der Waals surface area (Å²) in [6, 6.07) is 2.81. The molecule has 1 fully saturated rings. The fraction of sp³-hybridized carbons (Fsp3) is 0.714. The number of furan rings is 1. The second kappa shape index (κ2) is 6.36. The molecule has 2 unspecified atom stereocenters. The van der Waals surface area contributed by atoms with Crippen LogP contribution in [0.3, 0.4) is 0 Å². The molecule has 0 radical (unpaired) electrons. The molecule has 1 N–H and O–H groups in total. The number of ether oxygens (including phenoxy) is 1. The number of likely N-dealkylation sites (N-methyl/N-ethyl adjacent to an activating group) is 1. The molecule has 18 heavy (non-hydrogen) atoms. The van der Waals surface area contributed by atoms with Crippen LogP contribution in [0.25, 0.3) is 0 Å². The van der Waals surface area contributed by atoms with Gasteiger partial charge in [0.2, 0.25) is 0 Å². The fourth-order valence-electron chi connectivity index (χ4n) is 2.50. The maximum Gasteiger partial charge on any atom is 0.0951 e. The van der Waals surface area contributed by atoms with Crippen LogP contribution in [0, 0.1) is 0 Å². The molecule has 1 saturated heterocycles. The van der Waals surface area contributed by atoms with Crippen molar-refractivity contribution < 1.29 is 9.15 Å². The Hall–Kier alpha value is -0.840. The van der Waals surface area contributed by atoms with Crippen LogP contribution < -0.4 is 5.32 Å². The third kappa shape index (κ3) is 3.13. The Labute approximate surface area is 109 Å². The van der Waals surface area contributed by atoms with E-state index in [1.165, 1.54) is 5.56 Å². The highest BCUT2D eigenvalue weighted by molar-refractivity contribution is 5.14. The summed E-state index contributed by atoms with van der Waals surface area (Å²) in [6.07, 6.45) is 3.73. The first-order valence-electron chi connectivity index (χ1n) is 6.83. The van der Waals surface area contributed by atoms with Crippen molar-refractivity contribution in [2.75, 3.05) is 26.2 Å². The minimum atomic E-state index is 0.193. The molecule has 4 nitrogen and oxygen atoms in total. The third-order valence-electron chi connectivity index (χ3n) is 3.55. The van der Waals surface area contributed by atoms with Gasteiger partial charge in [-0.15, -0.1) is 0 Å². The molecular weight excluding hydrogens is 228 g/mol. The Morgan fingerprint density at radius 3 is 2.94 bits per heavy atom. The molecular formula is C14H24N2O2. The lowest BCUT2D eigenvalue weighted by molar-refractivity contribution is -0.0559. The number of nitrogens with one attached hydrogen (secondary N) is 1. The van der Waals surface area contributed by atoms with E-state index in [4.69, 9.17) is 9.15 Å². The number of rotatable bonds is 5. The van der Waals surface area contributed by atoms with Crippen molar-refractivity contribution in [3.8, 4) is 0 Å². The Morgan fingerprint density at radius 2 is 2.33 bits per heavy atom. The second-order valence-corrected chi connectivity index (χ2v) is 5.09. The molecule has 1 aromatic heterocycles. The van der Waals surface area contributed by atoms with Gasteiger partial charge < -0.3 is 14.5 Å². The van der Waals surface area contributed by atoms with Gasteiger partial charge in [0.05, 0.1) is 31.3 Å². The first-order chi connectivity index (χ1) is 8.72. The lowest BCUT2D eigenvalue weighted by atomic mass is 10.0. The highest BCUT2D eigenvalue weighted by Crippen LogP contribution is 2.23. The van der Waals surface area contributed by atoms with Crippen LogP contribution in [-0.4, -0.2) is 43.3 Å². The van der Waals surface area contributed by atoms with Crippen LogP contribution in [0.2, 0.25) is 0 Å². The van der Waals surface area contributed by atoms with Crippen molar-refractivity contribution in [3.05, 3.63) is 24.2 Å². The van der Waals surface area contributed by atoms with Crippen LogP contribution in [0.5, 0.6) is 0 Å². The molecule has 1 aromatic rings. The Balaban J connectivity index is 2.06. The van der Waals surface area contributed by atoms with Gasteiger partial charge in [0.1, 0.15) is 0 Å². The third-order valence-corrected chi connectivity index (χ3v) is 3.55. The predicted molar refractivity (Wildman–Crippen MR) is 71.6 cm³/mol. The average molecular weight is 252 g/mol. The lowest BCUT2D eigenvalue weighted by Gasteiger charge is -2.39. The van der Waals surface area contributed by atoms with Crippen LogP contribution in [0.1, 0.15) is 32.4 Å². The van der Waals surface area contributed by atoms with Gasteiger partial charge in [-0.1, -0.05) is 6.92 Å². The van der Waals surface area contributed by atoms with Crippen LogP contribution >= 0.6 is 0 Å². The average Bonchev–Trinajstić information content (AvgIpc) is 2.89. The molecule has 4 heteroatoms. The van der Waals surface area contributed by atoms with E-state index in [-0.39, 0.29) is 12.1 Å².